The Kier molecular flexibility index (Phi) is 9.95. The summed E-state index contributed by atoms with van der Waals surface area (Å²) in [5.41, 5.74) is 1.48. The molecule has 0 aliphatic carbocycles. The summed E-state index contributed by atoms with van der Waals surface area (Å²) in [7, 11) is -2.44. The lowest BCUT2D eigenvalue weighted by molar-refractivity contribution is -0.139. The molecule has 2 heterocycles. The van der Waals surface area contributed by atoms with E-state index in [1.807, 2.05) is 0 Å². The largest absolute Gasteiger partial charge is 0.497 e. The Morgan fingerprint density at radius 1 is 1.23 bits per heavy atom. The van der Waals surface area contributed by atoms with Crippen molar-refractivity contribution in [1.29, 1.82) is 0 Å². The van der Waals surface area contributed by atoms with Crippen LogP contribution < -0.4 is 10.1 Å². The van der Waals surface area contributed by atoms with Gasteiger partial charge in [-0.05, 0) is 42.3 Å². The van der Waals surface area contributed by atoms with Crippen molar-refractivity contribution in [3.8, 4) is 5.75 Å². The predicted octanol–water partition coefficient (Wildman–Crippen LogP) is 4.99. The molecule has 0 radical (unpaired) electrons. The van der Waals surface area contributed by atoms with E-state index >= 15 is 0 Å². The fourth-order valence-electron chi connectivity index (χ4n) is 4.00. The minimum atomic E-state index is -3.97. The molecule has 1 aliphatic rings. The summed E-state index contributed by atoms with van der Waals surface area (Å²) in [6.45, 7) is 1.45. The van der Waals surface area contributed by atoms with Gasteiger partial charge in [0.1, 0.15) is 22.8 Å². The number of aromatic nitrogens is 1. The first-order valence-corrected chi connectivity index (χ1v) is 15.7. The van der Waals surface area contributed by atoms with E-state index in [2.05, 4.69) is 26.2 Å². The highest BCUT2D eigenvalue weighted by Crippen LogP contribution is 2.37. The maximum Gasteiger partial charge on any atom is 0.338 e. The average molecular weight is 672 g/mol. The van der Waals surface area contributed by atoms with Crippen molar-refractivity contribution in [2.24, 2.45) is 4.99 Å². The van der Waals surface area contributed by atoms with Gasteiger partial charge < -0.3 is 14.8 Å². The topological polar surface area (TPSA) is 110 Å². The zero-order valence-electron chi connectivity index (χ0n) is 21.4. The number of nitrogens with zero attached hydrogens (tertiary/aromatic N) is 3. The maximum atomic E-state index is 14.0. The quantitative estimate of drug-likeness (QED) is 0.226. The number of esters is 1. The molecule has 0 unspecified atom stereocenters. The summed E-state index contributed by atoms with van der Waals surface area (Å²) < 4.78 is 52.4. The van der Waals surface area contributed by atoms with E-state index in [0.29, 0.717) is 32.2 Å². The van der Waals surface area contributed by atoms with Gasteiger partial charge in [0.05, 0.1) is 25.8 Å². The molecule has 0 saturated carbocycles. The Labute approximate surface area is 248 Å². The molecule has 1 atom stereocenters. The molecule has 0 spiro atoms. The number of nitrogens with one attached hydrogen (secondary N) is 1. The lowest BCUT2D eigenvalue weighted by Crippen LogP contribution is -2.41. The zero-order valence-corrected chi connectivity index (χ0v) is 25.4. The number of ether oxygens (including phenoxy) is 2. The Morgan fingerprint density at radius 3 is 2.58 bits per heavy atom. The smallest absolute Gasteiger partial charge is 0.338 e. The maximum absolute atomic E-state index is 14.0. The number of benzene rings is 2. The highest BCUT2D eigenvalue weighted by molar-refractivity contribution is 9.10. The van der Waals surface area contributed by atoms with Crippen molar-refractivity contribution in [3.63, 3.8) is 0 Å². The molecule has 3 aromatic rings. The van der Waals surface area contributed by atoms with Crippen molar-refractivity contribution in [1.82, 2.24) is 14.6 Å². The number of amidine groups is 1. The third-order valence-corrected chi connectivity index (χ3v) is 9.51. The van der Waals surface area contributed by atoms with Crippen molar-refractivity contribution < 1.29 is 27.1 Å². The van der Waals surface area contributed by atoms with Crippen LogP contribution in [0.5, 0.6) is 5.75 Å². The first kappa shape index (κ1) is 30.1. The summed E-state index contributed by atoms with van der Waals surface area (Å²) in [4.78, 5) is 22.5. The van der Waals surface area contributed by atoms with Crippen molar-refractivity contribution >= 4 is 60.7 Å². The molecule has 9 nitrogen and oxygen atoms in total. The summed E-state index contributed by atoms with van der Waals surface area (Å²) in [5.74, 6) is -0.226. The van der Waals surface area contributed by atoms with Crippen LogP contribution in [0, 0.1) is 5.82 Å². The van der Waals surface area contributed by atoms with Crippen LogP contribution in [0.3, 0.4) is 0 Å². The molecule has 0 fully saturated rings. The van der Waals surface area contributed by atoms with Crippen LogP contribution in [0.2, 0.25) is 0 Å². The number of carbonyl (C=O) groups excluding carboxylic acids is 1. The van der Waals surface area contributed by atoms with Crippen molar-refractivity contribution in [3.05, 3.63) is 91.7 Å². The summed E-state index contributed by atoms with van der Waals surface area (Å²) in [6, 6.07) is 10.0. The van der Waals surface area contributed by atoms with Crippen LogP contribution in [0.1, 0.15) is 29.1 Å². The number of carbonyl (C=O) groups is 1. The number of thiazole rings is 1. The number of halogens is 3. The molecular formula is C26H25BrClFN4O5S2. The van der Waals surface area contributed by atoms with Crippen LogP contribution in [0.25, 0.3) is 0 Å². The minimum Gasteiger partial charge on any atom is -0.497 e. The lowest BCUT2D eigenvalue weighted by Gasteiger charge is -2.30. The lowest BCUT2D eigenvalue weighted by atomic mass is 9.95. The first-order chi connectivity index (χ1) is 19.2. The summed E-state index contributed by atoms with van der Waals surface area (Å²) in [5, 5.41) is 4.73. The molecular weight excluding hydrogens is 647 g/mol. The number of sulfonamides is 1. The van der Waals surface area contributed by atoms with Crippen LogP contribution in [-0.2, 0) is 26.1 Å². The number of alkyl halides is 1. The van der Waals surface area contributed by atoms with Gasteiger partial charge in [0.25, 0.3) is 0 Å². The van der Waals surface area contributed by atoms with Gasteiger partial charge in [0.2, 0.25) is 10.0 Å². The van der Waals surface area contributed by atoms with E-state index in [0.717, 1.165) is 0 Å². The zero-order chi connectivity index (χ0) is 28.9. The third kappa shape index (κ3) is 6.89. The van der Waals surface area contributed by atoms with Gasteiger partial charge in [-0.2, -0.15) is 4.31 Å². The Bertz CT molecular complexity index is 1530. The standard InChI is InChI=1S/C26H25BrClFN4O5S2/c1-3-38-26(34)22-21(14-33(40(35,36)15-28)13-16-4-7-18(37-2)8-5-16)31-24(25-30-10-11-39-25)32-23(22)19-9-6-17(29)12-20(19)27/h4-12,23H,3,13-15H2,1-2H3,(H,31,32)/t23-/m0/s1. The van der Waals surface area contributed by atoms with E-state index in [1.165, 1.54) is 41.0 Å². The van der Waals surface area contributed by atoms with Gasteiger partial charge in [-0.15, -0.1) is 22.9 Å². The number of hydrogen-bond donors (Lipinski definition) is 1. The number of aliphatic imine (C=N–C) groups is 1. The fourth-order valence-corrected chi connectivity index (χ4v) is 6.38. The first-order valence-electron chi connectivity index (χ1n) is 11.9. The van der Waals surface area contributed by atoms with Gasteiger partial charge in [0.15, 0.2) is 10.8 Å². The SMILES string of the molecule is CCOC(=O)C1=C(CN(Cc2ccc(OC)cc2)S(=O)(=O)CCl)NC(c2nccs2)=N[C@H]1c1ccc(F)cc1Br. The molecule has 1 aliphatic heterocycles. The van der Waals surface area contributed by atoms with E-state index in [4.69, 9.17) is 26.1 Å². The Balaban J connectivity index is 1.85. The summed E-state index contributed by atoms with van der Waals surface area (Å²) in [6.07, 6.45) is 1.60. The van der Waals surface area contributed by atoms with Gasteiger partial charge in [0, 0.05) is 28.3 Å². The second-order valence-electron chi connectivity index (χ2n) is 8.46. The molecule has 0 bridgehead atoms. The molecule has 1 aromatic heterocycles. The van der Waals surface area contributed by atoms with E-state index in [-0.39, 0.29) is 31.0 Å². The van der Waals surface area contributed by atoms with E-state index in [1.54, 1.807) is 42.8 Å². The number of hydrogen-bond acceptors (Lipinski definition) is 9. The Hall–Kier alpha value is -2.84. The van der Waals surface area contributed by atoms with Gasteiger partial charge in [-0.1, -0.05) is 34.1 Å². The normalized spacial score (nSPS) is 15.6. The molecule has 0 amide bonds. The number of rotatable bonds is 11. The van der Waals surface area contributed by atoms with E-state index in [9.17, 15) is 17.6 Å². The van der Waals surface area contributed by atoms with Crippen molar-refractivity contribution in [2.45, 2.75) is 19.5 Å². The molecule has 4 rings (SSSR count). The Morgan fingerprint density at radius 2 is 1.98 bits per heavy atom. The molecule has 2 aromatic carbocycles. The van der Waals surface area contributed by atoms with Gasteiger partial charge in [-0.25, -0.2) is 22.6 Å². The molecule has 40 heavy (non-hydrogen) atoms. The van der Waals surface area contributed by atoms with Crippen LogP contribution in [-0.4, -0.2) is 55.0 Å². The highest BCUT2D eigenvalue weighted by Gasteiger charge is 2.36. The van der Waals surface area contributed by atoms with E-state index < -0.39 is 33.1 Å². The highest BCUT2D eigenvalue weighted by atomic mass is 79.9. The van der Waals surface area contributed by atoms with Crippen LogP contribution in [0.15, 0.2) is 74.8 Å². The second-order valence-corrected chi connectivity index (χ2v) is 12.8. The van der Waals surface area contributed by atoms with Crippen LogP contribution >= 0.6 is 38.9 Å². The van der Waals surface area contributed by atoms with Gasteiger partial charge in [-0.3, -0.25) is 4.99 Å². The minimum absolute atomic E-state index is 0.0328. The molecule has 1 N–H and O–H groups in total. The molecule has 14 heteroatoms. The van der Waals surface area contributed by atoms with Crippen molar-refractivity contribution in [2.75, 3.05) is 25.5 Å². The second kappa shape index (κ2) is 13.2. The van der Waals surface area contributed by atoms with Gasteiger partial charge >= 0.3 is 5.97 Å². The monoisotopic (exact) mass is 670 g/mol. The predicted molar refractivity (Wildman–Crippen MR) is 155 cm³/mol. The third-order valence-electron chi connectivity index (χ3n) is 5.90. The molecule has 212 valence electrons. The molecule has 0 saturated heterocycles. The summed E-state index contributed by atoms with van der Waals surface area (Å²) >= 11 is 10.6. The average Bonchev–Trinajstić information content (AvgIpc) is 3.48. The van der Waals surface area contributed by atoms with Crippen LogP contribution in [0.4, 0.5) is 4.39 Å². The fraction of sp³-hybridized carbons (Fsp3) is 0.269. The number of methoxy groups -OCH3 is 1.